The van der Waals surface area contributed by atoms with Gasteiger partial charge in [0, 0.05) is 12.1 Å². The van der Waals surface area contributed by atoms with Crippen molar-refractivity contribution in [1.29, 1.82) is 0 Å². The summed E-state index contributed by atoms with van der Waals surface area (Å²) in [5, 5.41) is 0. The first-order chi connectivity index (χ1) is 5.48. The average molecular weight is 173 g/mol. The highest BCUT2D eigenvalue weighted by atomic mass is 16.5. The van der Waals surface area contributed by atoms with Gasteiger partial charge in [-0.05, 0) is 32.6 Å². The van der Waals surface area contributed by atoms with E-state index in [1.807, 2.05) is 6.92 Å². The van der Waals surface area contributed by atoms with Crippen molar-refractivity contribution < 1.29 is 4.74 Å². The Morgan fingerprint density at radius 3 is 2.42 bits per heavy atom. The minimum absolute atomic E-state index is 0.139. The molecule has 0 fully saturated rings. The van der Waals surface area contributed by atoms with Crippen LogP contribution in [0.3, 0.4) is 0 Å². The Labute approximate surface area is 76.5 Å². The van der Waals surface area contributed by atoms with Crippen molar-refractivity contribution in [3.8, 4) is 0 Å². The van der Waals surface area contributed by atoms with Crippen molar-refractivity contribution in [3.05, 3.63) is 0 Å². The van der Waals surface area contributed by atoms with Crippen LogP contribution in [0.4, 0.5) is 0 Å². The summed E-state index contributed by atoms with van der Waals surface area (Å²) < 4.78 is 5.31. The molecule has 12 heavy (non-hydrogen) atoms. The highest BCUT2D eigenvalue weighted by Gasteiger charge is 2.18. The predicted octanol–water partition coefficient (Wildman–Crippen LogP) is 2.18. The molecule has 0 aromatic heterocycles. The van der Waals surface area contributed by atoms with Crippen molar-refractivity contribution in [3.63, 3.8) is 0 Å². The van der Waals surface area contributed by atoms with Gasteiger partial charge in [0.2, 0.25) is 0 Å². The van der Waals surface area contributed by atoms with Crippen LogP contribution in [-0.4, -0.2) is 18.8 Å². The van der Waals surface area contributed by atoms with Gasteiger partial charge in [0.1, 0.15) is 0 Å². The molecule has 0 saturated heterocycles. The summed E-state index contributed by atoms with van der Waals surface area (Å²) >= 11 is 0. The second-order valence-corrected chi connectivity index (χ2v) is 4.22. The van der Waals surface area contributed by atoms with E-state index < -0.39 is 0 Å². The van der Waals surface area contributed by atoms with Gasteiger partial charge < -0.3 is 10.5 Å². The van der Waals surface area contributed by atoms with E-state index >= 15 is 0 Å². The zero-order chi connectivity index (χ0) is 9.61. The Morgan fingerprint density at radius 2 is 2.00 bits per heavy atom. The Morgan fingerprint density at radius 1 is 1.42 bits per heavy atom. The maximum absolute atomic E-state index is 6.03. The predicted molar refractivity (Wildman–Crippen MR) is 53.2 cm³/mol. The summed E-state index contributed by atoms with van der Waals surface area (Å²) in [5.74, 6) is 0.731. The molecule has 0 bridgehead atoms. The fourth-order valence-electron chi connectivity index (χ4n) is 1.03. The van der Waals surface area contributed by atoms with Crippen LogP contribution in [0.1, 0.15) is 40.5 Å². The average Bonchev–Trinajstić information content (AvgIpc) is 1.98. The zero-order valence-electron chi connectivity index (χ0n) is 8.89. The number of ether oxygens (including phenoxy) is 1. The molecule has 2 heteroatoms. The highest BCUT2D eigenvalue weighted by molar-refractivity contribution is 4.78. The molecule has 0 aromatic rings. The summed E-state index contributed by atoms with van der Waals surface area (Å²) in [4.78, 5) is 0. The normalized spacial score (nSPS) is 16.5. The van der Waals surface area contributed by atoms with E-state index in [0.717, 1.165) is 18.9 Å². The summed E-state index contributed by atoms with van der Waals surface area (Å²) in [7, 11) is 0. The fraction of sp³-hybridized carbons (Fsp3) is 1.00. The minimum atomic E-state index is -0.139. The number of hydrogen-bond donors (Lipinski definition) is 1. The molecule has 0 heterocycles. The highest BCUT2D eigenvalue weighted by Crippen LogP contribution is 2.14. The first kappa shape index (κ1) is 11.9. The van der Waals surface area contributed by atoms with Gasteiger partial charge in [-0.25, -0.2) is 0 Å². The molecule has 74 valence electrons. The van der Waals surface area contributed by atoms with Gasteiger partial charge in [0.25, 0.3) is 0 Å². The molecule has 0 aliphatic rings. The smallest absolute Gasteiger partial charge is 0.0643 e. The number of rotatable bonds is 6. The summed E-state index contributed by atoms with van der Waals surface area (Å²) in [6.45, 7) is 9.93. The Bertz CT molecular complexity index is 110. The minimum Gasteiger partial charge on any atom is -0.380 e. The third kappa shape index (κ3) is 6.62. The molecular formula is C10H23NO. The maximum Gasteiger partial charge on any atom is 0.0643 e. The molecular weight excluding hydrogens is 150 g/mol. The van der Waals surface area contributed by atoms with E-state index in [2.05, 4.69) is 20.8 Å². The molecule has 0 spiro atoms. The lowest BCUT2D eigenvalue weighted by Gasteiger charge is -2.24. The molecule has 0 rings (SSSR count). The second kappa shape index (κ2) is 5.55. The van der Waals surface area contributed by atoms with Gasteiger partial charge in [0.15, 0.2) is 0 Å². The van der Waals surface area contributed by atoms with E-state index in [1.165, 1.54) is 6.42 Å². The van der Waals surface area contributed by atoms with Crippen LogP contribution in [0.5, 0.6) is 0 Å². The van der Waals surface area contributed by atoms with Crippen molar-refractivity contribution in [2.45, 2.75) is 46.1 Å². The Kier molecular flexibility index (Phi) is 5.51. The van der Waals surface area contributed by atoms with E-state index in [9.17, 15) is 0 Å². The van der Waals surface area contributed by atoms with Crippen molar-refractivity contribution in [2.24, 2.45) is 11.7 Å². The Balaban J connectivity index is 3.56. The van der Waals surface area contributed by atoms with Crippen LogP contribution in [-0.2, 0) is 4.74 Å². The van der Waals surface area contributed by atoms with Crippen LogP contribution in [0, 0.1) is 5.92 Å². The quantitative estimate of drug-likeness (QED) is 0.668. The summed E-state index contributed by atoms with van der Waals surface area (Å²) in [6, 6.07) is 0. The maximum atomic E-state index is 6.03. The third-order valence-electron chi connectivity index (χ3n) is 1.93. The lowest BCUT2D eigenvalue weighted by atomic mass is 9.94. The van der Waals surface area contributed by atoms with E-state index in [-0.39, 0.29) is 5.54 Å². The molecule has 1 atom stereocenters. The molecule has 2 nitrogen and oxygen atoms in total. The van der Waals surface area contributed by atoms with Gasteiger partial charge >= 0.3 is 0 Å². The largest absolute Gasteiger partial charge is 0.380 e. The van der Waals surface area contributed by atoms with Crippen LogP contribution in [0.2, 0.25) is 0 Å². The third-order valence-corrected chi connectivity index (χ3v) is 1.93. The Hall–Kier alpha value is -0.0800. The monoisotopic (exact) mass is 173 g/mol. The SMILES string of the molecule is CCOCC(C)(N)CCC(C)C. The van der Waals surface area contributed by atoms with Gasteiger partial charge in [-0.1, -0.05) is 13.8 Å². The molecule has 0 saturated carbocycles. The van der Waals surface area contributed by atoms with Crippen molar-refractivity contribution in [2.75, 3.05) is 13.2 Å². The summed E-state index contributed by atoms with van der Waals surface area (Å²) in [6.07, 6.45) is 2.23. The van der Waals surface area contributed by atoms with Crippen molar-refractivity contribution in [1.82, 2.24) is 0 Å². The second-order valence-electron chi connectivity index (χ2n) is 4.22. The van der Waals surface area contributed by atoms with E-state index in [0.29, 0.717) is 6.61 Å². The van der Waals surface area contributed by atoms with E-state index in [4.69, 9.17) is 10.5 Å². The molecule has 0 aliphatic heterocycles. The van der Waals surface area contributed by atoms with E-state index in [1.54, 1.807) is 0 Å². The molecule has 0 aromatic carbocycles. The molecule has 1 unspecified atom stereocenters. The van der Waals surface area contributed by atoms with Crippen molar-refractivity contribution >= 4 is 0 Å². The molecule has 0 aliphatic carbocycles. The van der Waals surface area contributed by atoms with Crippen LogP contribution in [0.15, 0.2) is 0 Å². The lowest BCUT2D eigenvalue weighted by Crippen LogP contribution is -2.41. The molecule has 0 radical (unpaired) electrons. The lowest BCUT2D eigenvalue weighted by molar-refractivity contribution is 0.0952. The summed E-state index contributed by atoms with van der Waals surface area (Å²) in [5.41, 5.74) is 5.89. The number of nitrogens with two attached hydrogens (primary N) is 1. The number of hydrogen-bond acceptors (Lipinski definition) is 2. The van der Waals surface area contributed by atoms with Crippen LogP contribution < -0.4 is 5.73 Å². The fourth-order valence-corrected chi connectivity index (χ4v) is 1.03. The standard InChI is InChI=1S/C10H23NO/c1-5-12-8-10(4,11)7-6-9(2)3/h9H,5-8,11H2,1-4H3. The van der Waals surface area contributed by atoms with Gasteiger partial charge in [-0.15, -0.1) is 0 Å². The topological polar surface area (TPSA) is 35.2 Å². The molecule has 0 amide bonds. The van der Waals surface area contributed by atoms with Gasteiger partial charge in [-0.2, -0.15) is 0 Å². The zero-order valence-corrected chi connectivity index (χ0v) is 8.89. The first-order valence-corrected chi connectivity index (χ1v) is 4.84. The molecule has 2 N–H and O–H groups in total. The van der Waals surface area contributed by atoms with Gasteiger partial charge in [0.05, 0.1) is 6.61 Å². The first-order valence-electron chi connectivity index (χ1n) is 4.84. The van der Waals surface area contributed by atoms with Crippen LogP contribution >= 0.6 is 0 Å². The van der Waals surface area contributed by atoms with Gasteiger partial charge in [-0.3, -0.25) is 0 Å². The van der Waals surface area contributed by atoms with Crippen LogP contribution in [0.25, 0.3) is 0 Å².